The van der Waals surface area contributed by atoms with Crippen LogP contribution in [0.5, 0.6) is 0 Å². The fourth-order valence-corrected chi connectivity index (χ4v) is 2.91. The summed E-state index contributed by atoms with van der Waals surface area (Å²) in [7, 11) is 0. The van der Waals surface area contributed by atoms with Crippen LogP contribution in [0.1, 0.15) is 31.1 Å². The van der Waals surface area contributed by atoms with Gasteiger partial charge in [0, 0.05) is 17.9 Å². The molecular formula is C20H19FN2O2. The third kappa shape index (κ3) is 3.51. The van der Waals surface area contributed by atoms with E-state index in [-0.39, 0.29) is 11.7 Å². The number of carbonyl (C=O) groups excluding carboxylic acids is 1. The first kappa shape index (κ1) is 17.0. The maximum atomic E-state index is 13.3. The SMILES string of the molecule is CC(=O)Nc1nc2cc(C)cc(C(C)O)c2cc1-c1ccc(F)cc1. The number of hydrogen-bond acceptors (Lipinski definition) is 3. The van der Waals surface area contributed by atoms with Crippen molar-refractivity contribution in [2.24, 2.45) is 0 Å². The number of nitrogens with zero attached hydrogens (tertiary/aromatic N) is 1. The Labute approximate surface area is 145 Å². The first-order valence-electron chi connectivity index (χ1n) is 8.02. The first-order valence-corrected chi connectivity index (χ1v) is 8.02. The predicted molar refractivity (Wildman–Crippen MR) is 96.8 cm³/mol. The van der Waals surface area contributed by atoms with Crippen LogP contribution < -0.4 is 5.32 Å². The van der Waals surface area contributed by atoms with Crippen molar-refractivity contribution in [3.8, 4) is 11.1 Å². The number of anilines is 1. The molecule has 1 heterocycles. The molecule has 0 aliphatic heterocycles. The van der Waals surface area contributed by atoms with Crippen molar-refractivity contribution in [2.45, 2.75) is 26.9 Å². The van der Waals surface area contributed by atoms with Gasteiger partial charge in [0.15, 0.2) is 0 Å². The maximum absolute atomic E-state index is 13.3. The topological polar surface area (TPSA) is 62.2 Å². The first-order chi connectivity index (χ1) is 11.8. The molecule has 0 aliphatic rings. The average molecular weight is 338 g/mol. The van der Waals surface area contributed by atoms with Gasteiger partial charge >= 0.3 is 0 Å². The fourth-order valence-electron chi connectivity index (χ4n) is 2.91. The van der Waals surface area contributed by atoms with Gasteiger partial charge in [-0.2, -0.15) is 0 Å². The van der Waals surface area contributed by atoms with Crippen LogP contribution in [0.4, 0.5) is 10.2 Å². The molecule has 1 unspecified atom stereocenters. The van der Waals surface area contributed by atoms with Crippen LogP contribution in [0, 0.1) is 12.7 Å². The molecule has 2 aromatic carbocycles. The Hall–Kier alpha value is -2.79. The molecule has 0 radical (unpaired) electrons. The maximum Gasteiger partial charge on any atom is 0.222 e. The van der Waals surface area contributed by atoms with E-state index in [0.29, 0.717) is 16.9 Å². The largest absolute Gasteiger partial charge is 0.389 e. The molecule has 1 aromatic heterocycles. The molecule has 4 nitrogen and oxygen atoms in total. The highest BCUT2D eigenvalue weighted by Crippen LogP contribution is 2.34. The second kappa shape index (κ2) is 6.61. The number of aliphatic hydroxyl groups is 1. The van der Waals surface area contributed by atoms with Gasteiger partial charge in [0.05, 0.1) is 11.6 Å². The Morgan fingerprint density at radius 3 is 2.48 bits per heavy atom. The Morgan fingerprint density at radius 2 is 1.88 bits per heavy atom. The van der Waals surface area contributed by atoms with Crippen molar-refractivity contribution >= 4 is 22.6 Å². The molecule has 1 atom stereocenters. The molecule has 0 bridgehead atoms. The number of nitrogens with one attached hydrogen (secondary N) is 1. The summed E-state index contributed by atoms with van der Waals surface area (Å²) < 4.78 is 13.3. The molecule has 1 amide bonds. The lowest BCUT2D eigenvalue weighted by molar-refractivity contribution is -0.114. The summed E-state index contributed by atoms with van der Waals surface area (Å²) in [5.74, 6) is -0.161. The van der Waals surface area contributed by atoms with Crippen LogP contribution in [0.3, 0.4) is 0 Å². The van der Waals surface area contributed by atoms with Crippen molar-refractivity contribution in [3.05, 3.63) is 59.4 Å². The summed E-state index contributed by atoms with van der Waals surface area (Å²) in [5.41, 5.74) is 3.83. The van der Waals surface area contributed by atoms with Crippen LogP contribution in [0.15, 0.2) is 42.5 Å². The van der Waals surface area contributed by atoms with Gasteiger partial charge in [0.25, 0.3) is 0 Å². The van der Waals surface area contributed by atoms with Crippen LogP contribution >= 0.6 is 0 Å². The molecular weight excluding hydrogens is 319 g/mol. The molecule has 128 valence electrons. The highest BCUT2D eigenvalue weighted by atomic mass is 19.1. The number of rotatable bonds is 3. The number of aryl methyl sites for hydroxylation is 1. The van der Waals surface area contributed by atoms with Crippen molar-refractivity contribution < 1.29 is 14.3 Å². The van der Waals surface area contributed by atoms with Gasteiger partial charge in [-0.1, -0.05) is 18.2 Å². The summed E-state index contributed by atoms with van der Waals surface area (Å²) in [5, 5.41) is 13.7. The van der Waals surface area contributed by atoms with Crippen molar-refractivity contribution in [1.29, 1.82) is 0 Å². The number of aromatic nitrogens is 1. The highest BCUT2D eigenvalue weighted by molar-refractivity contribution is 5.97. The Kier molecular flexibility index (Phi) is 4.51. The molecule has 2 N–H and O–H groups in total. The molecule has 0 saturated heterocycles. The smallest absolute Gasteiger partial charge is 0.222 e. The number of pyridine rings is 1. The van der Waals surface area contributed by atoms with E-state index in [1.165, 1.54) is 19.1 Å². The lowest BCUT2D eigenvalue weighted by atomic mass is 9.97. The van der Waals surface area contributed by atoms with E-state index < -0.39 is 6.10 Å². The lowest BCUT2D eigenvalue weighted by Crippen LogP contribution is -2.09. The molecule has 0 aliphatic carbocycles. The third-order valence-corrected chi connectivity index (χ3v) is 4.01. The van der Waals surface area contributed by atoms with Crippen molar-refractivity contribution in [2.75, 3.05) is 5.32 Å². The number of fused-ring (bicyclic) bond motifs is 1. The van der Waals surface area contributed by atoms with Crippen molar-refractivity contribution in [1.82, 2.24) is 4.98 Å². The summed E-state index contributed by atoms with van der Waals surface area (Å²) in [4.78, 5) is 16.2. The third-order valence-electron chi connectivity index (χ3n) is 4.01. The van der Waals surface area contributed by atoms with E-state index in [0.717, 1.165) is 22.1 Å². The minimum atomic E-state index is -0.656. The van der Waals surface area contributed by atoms with Gasteiger partial charge in [-0.15, -0.1) is 0 Å². The minimum absolute atomic E-state index is 0.237. The van der Waals surface area contributed by atoms with E-state index in [1.807, 2.05) is 25.1 Å². The fraction of sp³-hybridized carbons (Fsp3) is 0.200. The summed E-state index contributed by atoms with van der Waals surface area (Å²) >= 11 is 0. The van der Waals surface area contributed by atoms with E-state index in [1.54, 1.807) is 19.1 Å². The summed E-state index contributed by atoms with van der Waals surface area (Å²) in [6, 6.07) is 11.7. The molecule has 0 saturated carbocycles. The second-order valence-corrected chi connectivity index (χ2v) is 6.17. The Morgan fingerprint density at radius 1 is 1.20 bits per heavy atom. The minimum Gasteiger partial charge on any atom is -0.389 e. The average Bonchev–Trinajstić information content (AvgIpc) is 2.53. The number of halogens is 1. The second-order valence-electron chi connectivity index (χ2n) is 6.17. The van der Waals surface area contributed by atoms with E-state index >= 15 is 0 Å². The monoisotopic (exact) mass is 338 g/mol. The van der Waals surface area contributed by atoms with Crippen LogP contribution in [-0.4, -0.2) is 16.0 Å². The number of hydrogen-bond donors (Lipinski definition) is 2. The number of benzene rings is 2. The van der Waals surface area contributed by atoms with Crippen LogP contribution in [-0.2, 0) is 4.79 Å². The Balaban J connectivity index is 2.32. The molecule has 3 rings (SSSR count). The normalized spacial score (nSPS) is 12.2. The lowest BCUT2D eigenvalue weighted by Gasteiger charge is -2.15. The summed E-state index contributed by atoms with van der Waals surface area (Å²) in [6.07, 6.45) is -0.656. The quantitative estimate of drug-likeness (QED) is 0.746. The van der Waals surface area contributed by atoms with Crippen molar-refractivity contribution in [3.63, 3.8) is 0 Å². The number of aliphatic hydroxyl groups excluding tert-OH is 1. The zero-order valence-corrected chi connectivity index (χ0v) is 14.3. The molecule has 3 aromatic rings. The zero-order chi connectivity index (χ0) is 18.1. The molecule has 0 spiro atoms. The highest BCUT2D eigenvalue weighted by Gasteiger charge is 2.15. The van der Waals surface area contributed by atoms with E-state index in [9.17, 15) is 14.3 Å². The van der Waals surface area contributed by atoms with Gasteiger partial charge in [-0.05, 0) is 54.8 Å². The van der Waals surface area contributed by atoms with Gasteiger partial charge in [0.2, 0.25) is 5.91 Å². The van der Waals surface area contributed by atoms with Gasteiger partial charge in [-0.25, -0.2) is 9.37 Å². The van der Waals surface area contributed by atoms with Gasteiger partial charge < -0.3 is 10.4 Å². The van der Waals surface area contributed by atoms with E-state index in [4.69, 9.17) is 0 Å². The molecule has 5 heteroatoms. The standard InChI is InChI=1S/C20H19FN2O2/c1-11-8-16(12(2)24)18-10-17(14-4-6-15(21)7-5-14)20(22-13(3)25)23-19(18)9-11/h4-10,12,24H,1-3H3,(H,22,23,25). The molecule has 0 fully saturated rings. The zero-order valence-electron chi connectivity index (χ0n) is 14.3. The van der Waals surface area contributed by atoms with Crippen LogP contribution in [0.25, 0.3) is 22.0 Å². The molecule has 25 heavy (non-hydrogen) atoms. The summed E-state index contributed by atoms with van der Waals surface area (Å²) in [6.45, 7) is 5.05. The van der Waals surface area contributed by atoms with Gasteiger partial charge in [0.1, 0.15) is 11.6 Å². The Bertz CT molecular complexity index is 950. The number of carbonyl (C=O) groups is 1. The number of amides is 1. The van der Waals surface area contributed by atoms with E-state index in [2.05, 4.69) is 10.3 Å². The van der Waals surface area contributed by atoms with Gasteiger partial charge in [-0.3, -0.25) is 4.79 Å². The predicted octanol–water partition coefficient (Wildman–Crippen LogP) is 4.36. The van der Waals surface area contributed by atoms with Crippen LogP contribution in [0.2, 0.25) is 0 Å².